The minimum absolute atomic E-state index is 0.193. The molecule has 0 spiro atoms. The third kappa shape index (κ3) is 2.95. The van der Waals surface area contributed by atoms with Crippen molar-refractivity contribution in [2.45, 2.75) is 13.1 Å². The van der Waals surface area contributed by atoms with Crippen molar-refractivity contribution in [3.8, 4) is 11.3 Å². The Hall–Kier alpha value is -1.99. The summed E-state index contributed by atoms with van der Waals surface area (Å²) in [5, 5.41) is 8.64. The number of aromatic nitrogens is 5. The van der Waals surface area contributed by atoms with Gasteiger partial charge >= 0.3 is 0 Å². The fraction of sp³-hybridized carbons (Fsp3) is 0.143. The van der Waals surface area contributed by atoms with E-state index in [1.54, 1.807) is 35.5 Å². The first kappa shape index (κ1) is 14.9. The molecule has 22 heavy (non-hydrogen) atoms. The fourth-order valence-electron chi connectivity index (χ4n) is 2.05. The average Bonchev–Trinajstić information content (AvgIpc) is 2.96. The van der Waals surface area contributed by atoms with E-state index < -0.39 is 0 Å². The fourth-order valence-corrected chi connectivity index (χ4v) is 2.56. The van der Waals surface area contributed by atoms with Crippen LogP contribution in [-0.4, -0.2) is 24.5 Å². The Balaban J connectivity index is 1.95. The van der Waals surface area contributed by atoms with Crippen molar-refractivity contribution < 1.29 is 0 Å². The van der Waals surface area contributed by atoms with Crippen molar-refractivity contribution in [1.29, 1.82) is 0 Å². The zero-order chi connectivity index (χ0) is 15.7. The second-order valence-corrected chi connectivity index (χ2v) is 6.05. The quantitative estimate of drug-likeness (QED) is 0.700. The third-order valence-electron chi connectivity index (χ3n) is 3.21. The number of nitrogens with zero attached hydrogens (tertiary/aromatic N) is 5. The van der Waals surface area contributed by atoms with Crippen molar-refractivity contribution in [2.24, 2.45) is 0 Å². The molecule has 112 valence electrons. The van der Waals surface area contributed by atoms with Crippen LogP contribution >= 0.6 is 27.5 Å². The topological polar surface area (TPSA) is 65.6 Å². The van der Waals surface area contributed by atoms with Gasteiger partial charge < -0.3 is 0 Å². The minimum Gasteiger partial charge on any atom is -0.293 e. The lowest BCUT2D eigenvalue weighted by Gasteiger charge is -2.14. The molecular formula is C14H11BrClN5O. The molecule has 0 saturated carbocycles. The molecular weight excluding hydrogens is 370 g/mol. The van der Waals surface area contributed by atoms with Gasteiger partial charge in [0.05, 0.1) is 6.20 Å². The van der Waals surface area contributed by atoms with Gasteiger partial charge in [-0.25, -0.2) is 4.68 Å². The Bertz CT molecular complexity index is 875. The van der Waals surface area contributed by atoms with Crippen LogP contribution in [0.25, 0.3) is 11.3 Å². The van der Waals surface area contributed by atoms with E-state index in [0.717, 1.165) is 10.0 Å². The maximum Gasteiger partial charge on any atom is 0.253 e. The highest BCUT2D eigenvalue weighted by Gasteiger charge is 2.12. The predicted octanol–water partition coefficient (Wildman–Crippen LogP) is 2.98. The SMILES string of the molecule is CC(n1cc(-c2cncc(Br)c2)nn1)n1ccc(Cl)cc1=O. The molecule has 3 aromatic heterocycles. The number of halogens is 2. The highest BCUT2D eigenvalue weighted by atomic mass is 79.9. The van der Waals surface area contributed by atoms with Crippen molar-refractivity contribution in [2.75, 3.05) is 0 Å². The van der Waals surface area contributed by atoms with Gasteiger partial charge in [0.2, 0.25) is 0 Å². The summed E-state index contributed by atoms with van der Waals surface area (Å²) in [6.45, 7) is 1.85. The largest absolute Gasteiger partial charge is 0.293 e. The molecule has 0 aliphatic heterocycles. The van der Waals surface area contributed by atoms with Gasteiger partial charge in [-0.05, 0) is 35.0 Å². The summed E-state index contributed by atoms with van der Waals surface area (Å²) in [5.41, 5.74) is 1.33. The van der Waals surface area contributed by atoms with Crippen LogP contribution < -0.4 is 5.56 Å². The van der Waals surface area contributed by atoms with Gasteiger partial charge in [0.15, 0.2) is 0 Å². The maximum atomic E-state index is 12.0. The Morgan fingerprint density at radius 3 is 2.86 bits per heavy atom. The van der Waals surface area contributed by atoms with Crippen LogP contribution in [0.1, 0.15) is 13.1 Å². The molecule has 0 bridgehead atoms. The Morgan fingerprint density at radius 1 is 1.32 bits per heavy atom. The highest BCUT2D eigenvalue weighted by Crippen LogP contribution is 2.20. The number of rotatable bonds is 3. The molecule has 0 aromatic carbocycles. The molecule has 0 aliphatic rings. The molecule has 0 amide bonds. The molecule has 8 heteroatoms. The van der Waals surface area contributed by atoms with Gasteiger partial charge in [0.25, 0.3) is 5.56 Å². The summed E-state index contributed by atoms with van der Waals surface area (Å²) >= 11 is 9.18. The van der Waals surface area contributed by atoms with Crippen molar-refractivity contribution in [1.82, 2.24) is 24.5 Å². The first-order valence-electron chi connectivity index (χ1n) is 6.45. The van der Waals surface area contributed by atoms with Crippen molar-refractivity contribution in [3.05, 3.63) is 62.8 Å². The average molecular weight is 381 g/mol. The van der Waals surface area contributed by atoms with E-state index in [2.05, 4.69) is 31.2 Å². The molecule has 3 heterocycles. The Labute approximate surface area is 139 Å². The van der Waals surface area contributed by atoms with E-state index in [1.807, 2.05) is 13.0 Å². The lowest BCUT2D eigenvalue weighted by atomic mass is 10.2. The van der Waals surface area contributed by atoms with E-state index in [9.17, 15) is 4.79 Å². The second-order valence-electron chi connectivity index (χ2n) is 4.70. The molecule has 0 aliphatic carbocycles. The summed E-state index contributed by atoms with van der Waals surface area (Å²) in [6, 6.07) is 4.93. The van der Waals surface area contributed by atoms with Crippen LogP contribution in [0.2, 0.25) is 5.02 Å². The van der Waals surface area contributed by atoms with Crippen LogP contribution in [0.5, 0.6) is 0 Å². The van der Waals surface area contributed by atoms with E-state index in [4.69, 9.17) is 11.6 Å². The summed E-state index contributed by atoms with van der Waals surface area (Å²) in [5.74, 6) is 0. The maximum absolute atomic E-state index is 12.0. The van der Waals surface area contributed by atoms with Gasteiger partial charge in [-0.1, -0.05) is 16.8 Å². The zero-order valence-corrected chi connectivity index (χ0v) is 13.9. The summed E-state index contributed by atoms with van der Waals surface area (Å²) in [4.78, 5) is 16.1. The number of pyridine rings is 2. The summed E-state index contributed by atoms with van der Waals surface area (Å²) in [7, 11) is 0. The van der Waals surface area contributed by atoms with E-state index in [-0.39, 0.29) is 11.7 Å². The number of hydrogen-bond donors (Lipinski definition) is 0. The van der Waals surface area contributed by atoms with Gasteiger partial charge in [-0.15, -0.1) is 5.10 Å². The lowest BCUT2D eigenvalue weighted by Crippen LogP contribution is -2.26. The first-order chi connectivity index (χ1) is 10.5. The Morgan fingerprint density at radius 2 is 2.14 bits per heavy atom. The zero-order valence-electron chi connectivity index (χ0n) is 11.5. The van der Waals surface area contributed by atoms with Crippen LogP contribution in [0.3, 0.4) is 0 Å². The molecule has 0 radical (unpaired) electrons. The molecule has 3 rings (SSSR count). The minimum atomic E-state index is -0.314. The van der Waals surface area contributed by atoms with E-state index in [1.165, 1.54) is 10.6 Å². The van der Waals surface area contributed by atoms with Crippen LogP contribution in [0, 0.1) is 0 Å². The van der Waals surface area contributed by atoms with E-state index in [0.29, 0.717) is 10.7 Å². The second kappa shape index (κ2) is 6.02. The van der Waals surface area contributed by atoms with Crippen molar-refractivity contribution >= 4 is 27.5 Å². The molecule has 1 atom stereocenters. The van der Waals surface area contributed by atoms with Gasteiger partial charge in [0.1, 0.15) is 11.9 Å². The van der Waals surface area contributed by atoms with Crippen LogP contribution in [0.15, 0.2) is 52.3 Å². The highest BCUT2D eigenvalue weighted by molar-refractivity contribution is 9.10. The van der Waals surface area contributed by atoms with Crippen molar-refractivity contribution in [3.63, 3.8) is 0 Å². The summed E-state index contributed by atoms with van der Waals surface area (Å²) in [6.07, 6.45) is 6.50. The normalized spacial score (nSPS) is 12.3. The predicted molar refractivity (Wildman–Crippen MR) is 86.8 cm³/mol. The van der Waals surface area contributed by atoms with Gasteiger partial charge in [-0.2, -0.15) is 0 Å². The molecule has 1 unspecified atom stereocenters. The molecule has 6 nitrogen and oxygen atoms in total. The van der Waals surface area contributed by atoms with E-state index >= 15 is 0 Å². The monoisotopic (exact) mass is 379 g/mol. The third-order valence-corrected chi connectivity index (χ3v) is 3.88. The van der Waals surface area contributed by atoms with Crippen LogP contribution in [0.4, 0.5) is 0 Å². The van der Waals surface area contributed by atoms with Gasteiger partial charge in [0, 0.05) is 39.7 Å². The molecule has 0 saturated heterocycles. The molecule has 0 N–H and O–H groups in total. The lowest BCUT2D eigenvalue weighted by molar-refractivity contribution is 0.405. The first-order valence-corrected chi connectivity index (χ1v) is 7.62. The number of hydrogen-bond acceptors (Lipinski definition) is 4. The molecule has 3 aromatic rings. The standard InChI is InChI=1S/C14H11BrClN5O/c1-9(20-3-2-12(16)5-14(20)22)21-8-13(18-19-21)10-4-11(15)7-17-6-10/h2-9H,1H3. The van der Waals surface area contributed by atoms with Gasteiger partial charge in [-0.3, -0.25) is 14.3 Å². The smallest absolute Gasteiger partial charge is 0.253 e. The molecule has 0 fully saturated rings. The Kier molecular flexibility index (Phi) is 4.08. The van der Waals surface area contributed by atoms with Crippen LogP contribution in [-0.2, 0) is 0 Å². The summed E-state index contributed by atoms with van der Waals surface area (Å²) < 4.78 is 4.01.